The molecule has 2 nitrogen and oxygen atoms in total. The van der Waals surface area contributed by atoms with Gasteiger partial charge in [-0.3, -0.25) is 0 Å². The Morgan fingerprint density at radius 3 is 2.80 bits per heavy atom. The highest BCUT2D eigenvalue weighted by molar-refractivity contribution is 5.23. The van der Waals surface area contributed by atoms with Crippen LogP contribution in [0.5, 0.6) is 0 Å². The van der Waals surface area contributed by atoms with Gasteiger partial charge in [0.1, 0.15) is 0 Å². The molecule has 2 aliphatic heterocycles. The number of rotatable bonds is 2. The average Bonchev–Trinajstić information content (AvgIpc) is 2.52. The Bertz CT molecular complexity index is 306. The zero-order valence-electron chi connectivity index (χ0n) is 10.0. The lowest BCUT2D eigenvalue weighted by molar-refractivity contribution is 0.107. The van der Waals surface area contributed by atoms with Gasteiger partial charge in [0.15, 0.2) is 0 Å². The average molecular weight is 206 g/mol. The van der Waals surface area contributed by atoms with E-state index in [1.165, 1.54) is 12.1 Å². The molecule has 15 heavy (non-hydrogen) atoms. The Balaban J connectivity index is 2.10. The zero-order valence-corrected chi connectivity index (χ0v) is 10.0. The Morgan fingerprint density at radius 1 is 1.60 bits per heavy atom. The van der Waals surface area contributed by atoms with Crippen LogP contribution in [0.4, 0.5) is 0 Å². The maximum absolute atomic E-state index is 5.92. The smallest absolute Gasteiger partial charge is 0.0376 e. The van der Waals surface area contributed by atoms with Crippen LogP contribution in [0, 0.1) is 11.8 Å². The fraction of sp³-hybridized carbons (Fsp3) is 0.692. The second-order valence-electron chi connectivity index (χ2n) is 4.99. The van der Waals surface area contributed by atoms with Crippen LogP contribution in [-0.2, 0) is 0 Å². The molecular weight excluding hydrogens is 184 g/mol. The van der Waals surface area contributed by atoms with Gasteiger partial charge < -0.3 is 10.6 Å². The van der Waals surface area contributed by atoms with Crippen molar-refractivity contribution in [2.45, 2.75) is 45.7 Å². The van der Waals surface area contributed by atoms with Gasteiger partial charge in [0.25, 0.3) is 0 Å². The van der Waals surface area contributed by atoms with Crippen molar-refractivity contribution < 1.29 is 0 Å². The highest BCUT2D eigenvalue weighted by Crippen LogP contribution is 2.47. The van der Waals surface area contributed by atoms with Gasteiger partial charge in [0.2, 0.25) is 0 Å². The molecule has 0 saturated carbocycles. The number of nitrogens with two attached hydrogens (primary N) is 1. The third-order valence-electron chi connectivity index (χ3n) is 4.20. The van der Waals surface area contributed by atoms with Gasteiger partial charge in [0, 0.05) is 35.3 Å². The summed E-state index contributed by atoms with van der Waals surface area (Å²) in [4.78, 5) is 2.48. The number of hydrogen-bond donors (Lipinski definition) is 1. The topological polar surface area (TPSA) is 29.3 Å². The predicted molar refractivity (Wildman–Crippen MR) is 64.1 cm³/mol. The SMILES string of the molecule is C=C1C(C)C2CC(/C=C(/N)CC)C(C)N12. The van der Waals surface area contributed by atoms with Gasteiger partial charge in [-0.05, 0) is 19.8 Å². The van der Waals surface area contributed by atoms with Crippen molar-refractivity contribution in [3.8, 4) is 0 Å². The van der Waals surface area contributed by atoms with Crippen molar-refractivity contribution in [3.63, 3.8) is 0 Å². The first kappa shape index (κ1) is 10.6. The minimum absolute atomic E-state index is 0.587. The highest BCUT2D eigenvalue weighted by atomic mass is 15.3. The predicted octanol–water partition coefficient (Wildman–Crippen LogP) is 2.48. The van der Waals surface area contributed by atoms with E-state index in [4.69, 9.17) is 5.73 Å². The summed E-state index contributed by atoms with van der Waals surface area (Å²) >= 11 is 0. The van der Waals surface area contributed by atoms with Crippen LogP contribution < -0.4 is 5.73 Å². The Morgan fingerprint density at radius 2 is 2.27 bits per heavy atom. The van der Waals surface area contributed by atoms with Crippen LogP contribution in [0.3, 0.4) is 0 Å². The summed E-state index contributed by atoms with van der Waals surface area (Å²) < 4.78 is 0. The summed E-state index contributed by atoms with van der Waals surface area (Å²) in [5.74, 6) is 1.30. The maximum atomic E-state index is 5.92. The molecule has 0 aliphatic carbocycles. The summed E-state index contributed by atoms with van der Waals surface area (Å²) in [5.41, 5.74) is 8.27. The highest BCUT2D eigenvalue weighted by Gasteiger charge is 2.49. The van der Waals surface area contributed by atoms with E-state index in [2.05, 4.69) is 38.3 Å². The van der Waals surface area contributed by atoms with E-state index < -0.39 is 0 Å². The molecule has 4 atom stereocenters. The molecule has 0 radical (unpaired) electrons. The molecule has 84 valence electrons. The number of nitrogens with zero attached hydrogens (tertiary/aromatic N) is 1. The van der Waals surface area contributed by atoms with Gasteiger partial charge in [-0.1, -0.05) is 26.5 Å². The molecule has 0 aromatic heterocycles. The molecule has 2 fully saturated rings. The largest absolute Gasteiger partial charge is 0.402 e. The quantitative estimate of drug-likeness (QED) is 0.752. The lowest BCUT2D eigenvalue weighted by Crippen LogP contribution is -2.50. The van der Waals surface area contributed by atoms with Gasteiger partial charge in [-0.15, -0.1) is 0 Å². The molecule has 2 heteroatoms. The first-order valence-corrected chi connectivity index (χ1v) is 5.99. The van der Waals surface area contributed by atoms with Crippen molar-refractivity contribution in [1.82, 2.24) is 4.90 Å². The molecule has 0 aromatic carbocycles. The van der Waals surface area contributed by atoms with Crippen LogP contribution >= 0.6 is 0 Å². The van der Waals surface area contributed by atoms with E-state index in [0.717, 1.165) is 18.2 Å². The molecule has 2 heterocycles. The minimum Gasteiger partial charge on any atom is -0.402 e. The Kier molecular flexibility index (Phi) is 2.53. The van der Waals surface area contributed by atoms with Crippen molar-refractivity contribution in [2.75, 3.05) is 0 Å². The summed E-state index contributed by atoms with van der Waals surface area (Å²) in [6.07, 6.45) is 4.48. The van der Waals surface area contributed by atoms with Crippen molar-refractivity contribution in [2.24, 2.45) is 17.6 Å². The van der Waals surface area contributed by atoms with Crippen LogP contribution in [0.2, 0.25) is 0 Å². The molecule has 0 bridgehead atoms. The molecule has 0 amide bonds. The maximum Gasteiger partial charge on any atom is 0.0376 e. The van der Waals surface area contributed by atoms with Gasteiger partial charge >= 0.3 is 0 Å². The second-order valence-corrected chi connectivity index (χ2v) is 4.99. The number of fused-ring (bicyclic) bond motifs is 1. The summed E-state index contributed by atoms with van der Waals surface area (Å²) in [5, 5.41) is 0. The monoisotopic (exact) mass is 206 g/mol. The third kappa shape index (κ3) is 1.47. The van der Waals surface area contributed by atoms with E-state index in [1.54, 1.807) is 0 Å². The van der Waals surface area contributed by atoms with Crippen LogP contribution in [0.15, 0.2) is 24.0 Å². The van der Waals surface area contributed by atoms with E-state index in [1.807, 2.05) is 0 Å². The fourth-order valence-electron chi connectivity index (χ4n) is 2.99. The molecule has 2 rings (SSSR count). The van der Waals surface area contributed by atoms with E-state index >= 15 is 0 Å². The third-order valence-corrected chi connectivity index (χ3v) is 4.20. The Hall–Kier alpha value is -0.920. The molecule has 2 saturated heterocycles. The van der Waals surface area contributed by atoms with E-state index in [9.17, 15) is 0 Å². The van der Waals surface area contributed by atoms with Gasteiger partial charge in [0.05, 0.1) is 0 Å². The molecule has 0 spiro atoms. The van der Waals surface area contributed by atoms with E-state index in [0.29, 0.717) is 17.9 Å². The molecule has 2 aliphatic rings. The molecule has 2 N–H and O–H groups in total. The summed E-state index contributed by atoms with van der Waals surface area (Å²) in [6.45, 7) is 10.8. The lowest BCUT2D eigenvalue weighted by atomic mass is 9.87. The normalized spacial score (nSPS) is 40.3. The number of allylic oxidation sites excluding steroid dienone is 1. The fourth-order valence-corrected chi connectivity index (χ4v) is 2.99. The van der Waals surface area contributed by atoms with Gasteiger partial charge in [-0.25, -0.2) is 0 Å². The summed E-state index contributed by atoms with van der Waals surface area (Å²) in [7, 11) is 0. The molecular formula is C13H22N2. The van der Waals surface area contributed by atoms with Crippen LogP contribution in [0.25, 0.3) is 0 Å². The van der Waals surface area contributed by atoms with Crippen LogP contribution in [0.1, 0.15) is 33.6 Å². The Labute approximate surface area is 92.8 Å². The van der Waals surface area contributed by atoms with Gasteiger partial charge in [-0.2, -0.15) is 0 Å². The van der Waals surface area contributed by atoms with Crippen molar-refractivity contribution in [1.29, 1.82) is 0 Å². The zero-order chi connectivity index (χ0) is 11.2. The minimum atomic E-state index is 0.587. The van der Waals surface area contributed by atoms with Crippen molar-refractivity contribution in [3.05, 3.63) is 24.0 Å². The second kappa shape index (κ2) is 3.58. The number of hydrogen-bond acceptors (Lipinski definition) is 2. The van der Waals surface area contributed by atoms with Crippen LogP contribution in [-0.4, -0.2) is 17.0 Å². The molecule has 0 aromatic rings. The summed E-state index contributed by atoms with van der Waals surface area (Å²) in [6, 6.07) is 1.31. The lowest BCUT2D eigenvalue weighted by Gasteiger charge is -2.48. The molecule has 4 unspecified atom stereocenters. The standard InChI is InChI=1S/C13H22N2/c1-5-12(14)6-11-7-13-8(2)9(3)15(13)10(11)4/h6,8,10-11,13H,3,5,7,14H2,1-2,4H3/b12-6+. The first-order chi connectivity index (χ1) is 7.06. The first-order valence-electron chi connectivity index (χ1n) is 5.99. The van der Waals surface area contributed by atoms with E-state index in [-0.39, 0.29) is 0 Å². The van der Waals surface area contributed by atoms with Crippen molar-refractivity contribution >= 4 is 0 Å².